The lowest BCUT2D eigenvalue weighted by atomic mass is 10.1. The van der Waals surface area contributed by atoms with Gasteiger partial charge in [0.1, 0.15) is 24.2 Å². The molecule has 6 heteroatoms. The molecule has 2 rings (SSSR count). The monoisotopic (exact) mass is 358 g/mol. The van der Waals surface area contributed by atoms with Crippen LogP contribution in [0.2, 0.25) is 0 Å². The van der Waals surface area contributed by atoms with Crippen LogP contribution in [0.1, 0.15) is 5.56 Å². The predicted octanol–water partition coefficient (Wildman–Crippen LogP) is 1.38. The molecule has 0 aromatic heterocycles. The number of methoxy groups -OCH3 is 1. The van der Waals surface area contributed by atoms with Gasteiger partial charge in [-0.2, -0.15) is 0 Å². The number of hydrogen-bond donors (Lipinski definition) is 3. The summed E-state index contributed by atoms with van der Waals surface area (Å²) in [6.45, 7) is 1.71. The Morgan fingerprint density at radius 2 is 1.77 bits per heavy atom. The average molecular weight is 358 g/mol. The molecule has 0 aliphatic carbocycles. The molecule has 0 radical (unpaired) electrons. The molecule has 0 saturated heterocycles. The Bertz CT molecular complexity index is 647. The van der Waals surface area contributed by atoms with Gasteiger partial charge in [0, 0.05) is 19.6 Å². The number of benzene rings is 2. The van der Waals surface area contributed by atoms with Crippen LogP contribution in [0.25, 0.3) is 0 Å². The smallest absolute Gasteiger partial charge is 0.224 e. The minimum absolute atomic E-state index is 0.0371. The highest BCUT2D eigenvalue weighted by Gasteiger charge is 2.06. The maximum Gasteiger partial charge on any atom is 0.224 e. The van der Waals surface area contributed by atoms with E-state index < -0.39 is 6.10 Å². The van der Waals surface area contributed by atoms with Gasteiger partial charge in [0.25, 0.3) is 0 Å². The topological polar surface area (TPSA) is 79.8 Å². The number of rotatable bonds is 11. The second kappa shape index (κ2) is 11.1. The molecule has 26 heavy (non-hydrogen) atoms. The van der Waals surface area contributed by atoms with Crippen LogP contribution in [-0.4, -0.2) is 50.5 Å². The summed E-state index contributed by atoms with van der Waals surface area (Å²) in [5, 5.41) is 15.8. The molecule has 0 aliphatic rings. The van der Waals surface area contributed by atoms with Crippen LogP contribution < -0.4 is 20.1 Å². The fourth-order valence-electron chi connectivity index (χ4n) is 2.32. The highest BCUT2D eigenvalue weighted by molar-refractivity contribution is 5.78. The second-order valence-corrected chi connectivity index (χ2v) is 5.86. The van der Waals surface area contributed by atoms with E-state index in [1.54, 1.807) is 7.11 Å². The molecule has 6 nitrogen and oxygen atoms in total. The summed E-state index contributed by atoms with van der Waals surface area (Å²) < 4.78 is 10.6. The molecular formula is C20H26N2O4. The summed E-state index contributed by atoms with van der Waals surface area (Å²) in [5.41, 5.74) is 0.935. The third kappa shape index (κ3) is 7.55. The van der Waals surface area contributed by atoms with Crippen LogP contribution in [-0.2, 0) is 11.2 Å². The van der Waals surface area contributed by atoms with Gasteiger partial charge < -0.3 is 25.2 Å². The van der Waals surface area contributed by atoms with Gasteiger partial charge in [0.05, 0.1) is 13.5 Å². The minimum Gasteiger partial charge on any atom is -0.497 e. The Morgan fingerprint density at radius 3 is 2.46 bits per heavy atom. The van der Waals surface area contributed by atoms with E-state index in [1.165, 1.54) is 0 Å². The molecule has 0 fully saturated rings. The number of para-hydroxylation sites is 1. The number of carbonyl (C=O) groups excluding carboxylic acids is 1. The van der Waals surface area contributed by atoms with E-state index in [4.69, 9.17) is 9.47 Å². The second-order valence-electron chi connectivity index (χ2n) is 5.86. The zero-order chi connectivity index (χ0) is 18.6. The van der Waals surface area contributed by atoms with Gasteiger partial charge in [-0.05, 0) is 29.8 Å². The number of carbonyl (C=O) groups is 1. The van der Waals surface area contributed by atoms with Crippen molar-refractivity contribution >= 4 is 5.91 Å². The lowest BCUT2D eigenvalue weighted by Crippen LogP contribution is -2.37. The Labute approximate surface area is 154 Å². The van der Waals surface area contributed by atoms with Crippen molar-refractivity contribution in [1.82, 2.24) is 10.6 Å². The van der Waals surface area contributed by atoms with E-state index in [0.717, 1.165) is 17.1 Å². The van der Waals surface area contributed by atoms with Gasteiger partial charge in [-0.3, -0.25) is 4.79 Å². The summed E-state index contributed by atoms with van der Waals surface area (Å²) in [6.07, 6.45) is -0.275. The van der Waals surface area contributed by atoms with Gasteiger partial charge in [0.2, 0.25) is 5.91 Å². The number of ether oxygens (including phenoxy) is 2. The molecule has 2 aromatic rings. The van der Waals surface area contributed by atoms with E-state index in [0.29, 0.717) is 26.1 Å². The first-order valence-electron chi connectivity index (χ1n) is 8.63. The maximum atomic E-state index is 11.9. The first-order valence-corrected chi connectivity index (χ1v) is 8.63. The van der Waals surface area contributed by atoms with Gasteiger partial charge in [0.15, 0.2) is 0 Å². The molecular weight excluding hydrogens is 332 g/mol. The van der Waals surface area contributed by atoms with Crippen LogP contribution in [0, 0.1) is 0 Å². The summed E-state index contributed by atoms with van der Waals surface area (Å²) >= 11 is 0. The zero-order valence-corrected chi connectivity index (χ0v) is 15.0. The highest BCUT2D eigenvalue weighted by atomic mass is 16.5. The predicted molar refractivity (Wildman–Crippen MR) is 101 cm³/mol. The Balaban J connectivity index is 1.53. The molecule has 3 N–H and O–H groups in total. The van der Waals surface area contributed by atoms with Crippen LogP contribution >= 0.6 is 0 Å². The summed E-state index contributed by atoms with van der Waals surface area (Å²) in [4.78, 5) is 11.9. The van der Waals surface area contributed by atoms with Gasteiger partial charge in [-0.25, -0.2) is 0 Å². The fourth-order valence-corrected chi connectivity index (χ4v) is 2.32. The third-order valence-electron chi connectivity index (χ3n) is 3.71. The van der Waals surface area contributed by atoms with Crippen LogP contribution in [0.5, 0.6) is 11.5 Å². The first-order chi connectivity index (χ1) is 12.7. The highest BCUT2D eigenvalue weighted by Crippen LogP contribution is 2.11. The lowest BCUT2D eigenvalue weighted by molar-refractivity contribution is -0.120. The van der Waals surface area contributed by atoms with Gasteiger partial charge >= 0.3 is 0 Å². The van der Waals surface area contributed by atoms with Crippen molar-refractivity contribution in [1.29, 1.82) is 0 Å². The molecule has 140 valence electrons. The zero-order valence-electron chi connectivity index (χ0n) is 15.0. The molecule has 0 bridgehead atoms. The standard InChI is InChI=1S/C20H26N2O4/c1-25-18-9-7-16(8-10-18)13-20(24)22-12-11-21-14-17(23)15-26-19-5-3-2-4-6-19/h2-10,17,21,23H,11-15H2,1H3,(H,22,24). The Kier molecular flexibility index (Phi) is 8.45. The molecule has 1 atom stereocenters. The molecule has 0 saturated carbocycles. The number of amides is 1. The summed E-state index contributed by atoms with van der Waals surface area (Å²) in [6, 6.07) is 16.8. The normalized spacial score (nSPS) is 11.6. The van der Waals surface area contributed by atoms with E-state index in [2.05, 4.69) is 10.6 Å². The minimum atomic E-state index is -0.606. The number of aliphatic hydroxyl groups is 1. The van der Waals surface area contributed by atoms with E-state index in [9.17, 15) is 9.90 Å². The Morgan fingerprint density at radius 1 is 1.04 bits per heavy atom. The number of nitrogens with one attached hydrogen (secondary N) is 2. The largest absolute Gasteiger partial charge is 0.497 e. The quantitative estimate of drug-likeness (QED) is 0.529. The first kappa shape index (κ1) is 19.8. The third-order valence-corrected chi connectivity index (χ3v) is 3.71. The molecule has 1 unspecified atom stereocenters. The van der Waals surface area contributed by atoms with E-state index >= 15 is 0 Å². The summed E-state index contributed by atoms with van der Waals surface area (Å²) in [5.74, 6) is 1.47. The maximum absolute atomic E-state index is 11.9. The SMILES string of the molecule is COc1ccc(CC(=O)NCCNCC(O)COc2ccccc2)cc1. The van der Waals surface area contributed by atoms with Crippen molar-refractivity contribution in [2.24, 2.45) is 0 Å². The molecule has 0 spiro atoms. The van der Waals surface area contributed by atoms with Crippen molar-refractivity contribution in [3.05, 3.63) is 60.2 Å². The molecule has 1 amide bonds. The molecule has 2 aromatic carbocycles. The number of hydrogen-bond acceptors (Lipinski definition) is 5. The average Bonchev–Trinajstić information content (AvgIpc) is 2.67. The number of aliphatic hydroxyl groups excluding tert-OH is 1. The van der Waals surface area contributed by atoms with E-state index in [-0.39, 0.29) is 12.5 Å². The summed E-state index contributed by atoms with van der Waals surface area (Å²) in [7, 11) is 1.61. The van der Waals surface area contributed by atoms with Gasteiger partial charge in [-0.15, -0.1) is 0 Å². The van der Waals surface area contributed by atoms with Crippen molar-refractivity contribution in [2.45, 2.75) is 12.5 Å². The van der Waals surface area contributed by atoms with Crippen LogP contribution in [0.15, 0.2) is 54.6 Å². The van der Waals surface area contributed by atoms with Crippen molar-refractivity contribution in [3.63, 3.8) is 0 Å². The van der Waals surface area contributed by atoms with Gasteiger partial charge in [-0.1, -0.05) is 30.3 Å². The van der Waals surface area contributed by atoms with Crippen molar-refractivity contribution in [2.75, 3.05) is 33.4 Å². The fraction of sp³-hybridized carbons (Fsp3) is 0.350. The Hall–Kier alpha value is -2.57. The van der Waals surface area contributed by atoms with Crippen molar-refractivity contribution in [3.8, 4) is 11.5 Å². The van der Waals surface area contributed by atoms with Crippen LogP contribution in [0.3, 0.4) is 0 Å². The van der Waals surface area contributed by atoms with Crippen molar-refractivity contribution < 1.29 is 19.4 Å². The molecule has 0 heterocycles. The lowest BCUT2D eigenvalue weighted by Gasteiger charge is -2.13. The van der Waals surface area contributed by atoms with Crippen LogP contribution in [0.4, 0.5) is 0 Å². The molecule has 0 aliphatic heterocycles. The van der Waals surface area contributed by atoms with E-state index in [1.807, 2.05) is 54.6 Å².